The Balaban J connectivity index is 1.86. The van der Waals surface area contributed by atoms with Crippen LogP contribution in [0.15, 0.2) is 46.5 Å². The Bertz CT molecular complexity index is 1200. The predicted molar refractivity (Wildman–Crippen MR) is 117 cm³/mol. The first-order valence-electron chi connectivity index (χ1n) is 8.55. The number of thioether (sulfide) groups is 1. The Morgan fingerprint density at radius 3 is 2.66 bits per heavy atom. The Labute approximate surface area is 182 Å². The highest BCUT2D eigenvalue weighted by Crippen LogP contribution is 2.30. The maximum absolute atomic E-state index is 12.6. The van der Waals surface area contributed by atoms with Crippen LogP contribution in [0.25, 0.3) is 11.0 Å². The number of primary sulfonamides is 1. The Kier molecular flexibility index (Phi) is 6.45. The van der Waals surface area contributed by atoms with Crippen molar-refractivity contribution >= 4 is 67.6 Å². The van der Waals surface area contributed by atoms with E-state index in [1.165, 1.54) is 23.9 Å². The second-order valence-corrected chi connectivity index (χ2v) is 9.92. The molecule has 1 atom stereocenters. The zero-order valence-corrected chi connectivity index (χ0v) is 18.7. The maximum Gasteiger partial charge on any atom is 0.238 e. The van der Waals surface area contributed by atoms with E-state index in [0.717, 1.165) is 5.52 Å². The van der Waals surface area contributed by atoms with Crippen LogP contribution in [0.5, 0.6) is 0 Å². The maximum atomic E-state index is 12.6. The molecule has 1 aromatic heterocycles. The van der Waals surface area contributed by atoms with Crippen LogP contribution in [-0.4, -0.2) is 29.1 Å². The number of carbonyl (C=O) groups excluding carboxylic acids is 1. The number of nitrogens with two attached hydrogens (primary N) is 1. The molecule has 7 nitrogen and oxygen atoms in total. The first kappa shape index (κ1) is 21.9. The number of hydrogen-bond acceptors (Lipinski definition) is 5. The van der Waals surface area contributed by atoms with Crippen LogP contribution in [0.4, 0.5) is 5.69 Å². The van der Waals surface area contributed by atoms with Crippen LogP contribution in [0.3, 0.4) is 0 Å². The molecule has 0 saturated carbocycles. The average Bonchev–Trinajstić information content (AvgIpc) is 2.99. The van der Waals surface area contributed by atoms with Crippen molar-refractivity contribution in [3.8, 4) is 0 Å². The molecule has 1 amide bonds. The van der Waals surface area contributed by atoms with Gasteiger partial charge in [0.1, 0.15) is 0 Å². The van der Waals surface area contributed by atoms with Gasteiger partial charge in [-0.05, 0) is 50.2 Å². The van der Waals surface area contributed by atoms with Crippen LogP contribution in [0.1, 0.15) is 13.8 Å². The van der Waals surface area contributed by atoms with Crippen molar-refractivity contribution in [2.75, 3.05) is 5.32 Å². The molecule has 0 unspecified atom stereocenters. The minimum Gasteiger partial charge on any atom is -0.324 e. The smallest absolute Gasteiger partial charge is 0.238 e. The number of rotatable bonds is 6. The number of nitrogens with zero attached hydrogens (tertiary/aromatic N) is 2. The van der Waals surface area contributed by atoms with Gasteiger partial charge in [0.2, 0.25) is 15.9 Å². The molecule has 2 aromatic carbocycles. The number of hydrogen-bond donors (Lipinski definition) is 2. The van der Waals surface area contributed by atoms with E-state index >= 15 is 0 Å². The topological polar surface area (TPSA) is 107 Å². The van der Waals surface area contributed by atoms with Crippen LogP contribution in [-0.2, 0) is 21.4 Å². The lowest BCUT2D eigenvalue weighted by Crippen LogP contribution is -2.23. The van der Waals surface area contributed by atoms with Gasteiger partial charge in [0.25, 0.3) is 0 Å². The number of anilines is 1. The quantitative estimate of drug-likeness (QED) is 0.524. The zero-order valence-electron chi connectivity index (χ0n) is 15.5. The van der Waals surface area contributed by atoms with E-state index in [1.807, 2.05) is 11.5 Å². The highest BCUT2D eigenvalue weighted by Gasteiger charge is 2.21. The molecule has 0 saturated heterocycles. The van der Waals surface area contributed by atoms with Crippen LogP contribution in [0, 0.1) is 0 Å². The number of halogens is 2. The predicted octanol–water partition coefficient (Wildman–Crippen LogP) is 4.13. The van der Waals surface area contributed by atoms with Crippen molar-refractivity contribution in [1.29, 1.82) is 0 Å². The first-order chi connectivity index (χ1) is 13.6. The number of imidazole rings is 1. The second-order valence-electron chi connectivity index (χ2n) is 6.21. The number of carbonyl (C=O) groups is 1. The highest BCUT2D eigenvalue weighted by molar-refractivity contribution is 8.00. The first-order valence-corrected chi connectivity index (χ1v) is 11.7. The summed E-state index contributed by atoms with van der Waals surface area (Å²) < 4.78 is 25.1. The van der Waals surface area contributed by atoms with Gasteiger partial charge in [-0.15, -0.1) is 0 Å². The van der Waals surface area contributed by atoms with E-state index < -0.39 is 15.3 Å². The lowest BCUT2D eigenvalue weighted by Gasteiger charge is -2.13. The zero-order chi connectivity index (χ0) is 21.3. The third-order valence-corrected chi connectivity index (χ3v) is 6.73. The van der Waals surface area contributed by atoms with Crippen molar-refractivity contribution < 1.29 is 13.2 Å². The van der Waals surface area contributed by atoms with Gasteiger partial charge in [-0.25, -0.2) is 18.5 Å². The normalized spacial score (nSPS) is 12.9. The van der Waals surface area contributed by atoms with E-state index in [4.69, 9.17) is 28.3 Å². The number of aryl methyl sites for hydroxylation is 1. The van der Waals surface area contributed by atoms with Crippen LogP contribution in [0.2, 0.25) is 10.0 Å². The van der Waals surface area contributed by atoms with Crippen molar-refractivity contribution in [3.63, 3.8) is 0 Å². The number of benzene rings is 2. The Hall–Kier alpha value is -1.78. The van der Waals surface area contributed by atoms with Gasteiger partial charge in [0, 0.05) is 11.6 Å². The summed E-state index contributed by atoms with van der Waals surface area (Å²) >= 11 is 13.3. The third kappa shape index (κ3) is 4.87. The van der Waals surface area contributed by atoms with Gasteiger partial charge >= 0.3 is 0 Å². The molecule has 0 radical (unpaired) electrons. The SMILES string of the molecule is CCn1c(S[C@H](C)C(=O)Nc2cc(Cl)ccc2Cl)nc2cc(S(N)(=O)=O)ccc21. The van der Waals surface area contributed by atoms with Gasteiger partial charge in [0.05, 0.1) is 31.9 Å². The summed E-state index contributed by atoms with van der Waals surface area (Å²) in [5.41, 5.74) is 1.68. The van der Waals surface area contributed by atoms with Crippen molar-refractivity contribution in [1.82, 2.24) is 9.55 Å². The fourth-order valence-corrected chi connectivity index (χ4v) is 4.56. The summed E-state index contributed by atoms with van der Waals surface area (Å²) in [5, 5.41) is 8.91. The Morgan fingerprint density at radius 1 is 1.28 bits per heavy atom. The van der Waals surface area contributed by atoms with Gasteiger partial charge < -0.3 is 9.88 Å². The molecule has 3 N–H and O–H groups in total. The number of nitrogens with one attached hydrogen (secondary N) is 1. The molecule has 1 heterocycles. The van der Waals surface area contributed by atoms with Gasteiger partial charge in [-0.3, -0.25) is 4.79 Å². The molecule has 0 aliphatic carbocycles. The Morgan fingerprint density at radius 2 is 2.00 bits per heavy atom. The van der Waals surface area contributed by atoms with Gasteiger partial charge in [0.15, 0.2) is 5.16 Å². The highest BCUT2D eigenvalue weighted by atomic mass is 35.5. The lowest BCUT2D eigenvalue weighted by atomic mass is 10.3. The summed E-state index contributed by atoms with van der Waals surface area (Å²) in [6.45, 7) is 4.28. The van der Waals surface area contributed by atoms with E-state index in [1.54, 1.807) is 31.2 Å². The summed E-state index contributed by atoms with van der Waals surface area (Å²) in [7, 11) is -3.83. The minimum atomic E-state index is -3.83. The molecule has 29 heavy (non-hydrogen) atoms. The molecule has 3 rings (SSSR count). The summed E-state index contributed by atoms with van der Waals surface area (Å²) in [6, 6.07) is 9.35. The number of fused-ring (bicyclic) bond motifs is 1. The summed E-state index contributed by atoms with van der Waals surface area (Å²) in [4.78, 5) is 17.1. The van der Waals surface area contributed by atoms with Crippen molar-refractivity contribution in [3.05, 3.63) is 46.4 Å². The number of sulfonamides is 1. The van der Waals surface area contributed by atoms with E-state index in [9.17, 15) is 13.2 Å². The van der Waals surface area contributed by atoms with Gasteiger partial charge in [-0.2, -0.15) is 0 Å². The van der Waals surface area contributed by atoms with Crippen LogP contribution < -0.4 is 10.5 Å². The molecule has 154 valence electrons. The molecule has 0 spiro atoms. The average molecular weight is 473 g/mol. The van der Waals surface area contributed by atoms with Crippen molar-refractivity contribution in [2.45, 2.75) is 35.7 Å². The number of aromatic nitrogens is 2. The molecule has 3 aromatic rings. The summed E-state index contributed by atoms with van der Waals surface area (Å²) in [6.07, 6.45) is 0. The molecule has 0 fully saturated rings. The lowest BCUT2D eigenvalue weighted by molar-refractivity contribution is -0.115. The van der Waals surface area contributed by atoms with Crippen LogP contribution >= 0.6 is 35.0 Å². The number of amides is 1. The summed E-state index contributed by atoms with van der Waals surface area (Å²) in [5.74, 6) is -0.265. The van der Waals surface area contributed by atoms with E-state index in [2.05, 4.69) is 10.3 Å². The third-order valence-electron chi connectivity index (χ3n) is 4.17. The van der Waals surface area contributed by atoms with Crippen molar-refractivity contribution in [2.24, 2.45) is 5.14 Å². The standard InChI is InChI=1S/C18H18Cl2N4O3S2/c1-3-24-16-7-5-12(29(21,26)27)9-15(16)23-18(24)28-10(2)17(25)22-14-8-11(19)4-6-13(14)20/h4-10H,3H2,1-2H3,(H,22,25)(H2,21,26,27)/t10-/m1/s1. The van der Waals surface area contributed by atoms with E-state index in [0.29, 0.717) is 33.0 Å². The fraction of sp³-hybridized carbons (Fsp3) is 0.222. The molecular formula is C18H18Cl2N4O3S2. The van der Waals surface area contributed by atoms with Gasteiger partial charge in [-0.1, -0.05) is 35.0 Å². The molecular weight excluding hydrogens is 455 g/mol. The minimum absolute atomic E-state index is 0.0105. The fourth-order valence-electron chi connectivity index (χ4n) is 2.70. The molecule has 0 aliphatic rings. The largest absolute Gasteiger partial charge is 0.324 e. The molecule has 0 bridgehead atoms. The molecule has 0 aliphatic heterocycles. The molecule has 11 heteroatoms. The second kappa shape index (κ2) is 8.53. The monoisotopic (exact) mass is 472 g/mol. The van der Waals surface area contributed by atoms with E-state index in [-0.39, 0.29) is 10.8 Å².